The highest BCUT2D eigenvalue weighted by atomic mass is 16.5. The zero-order valence-corrected chi connectivity index (χ0v) is 26.2. The molecule has 2 aliphatic rings. The number of fused-ring (bicyclic) bond motifs is 3. The van der Waals surface area contributed by atoms with Crippen LogP contribution in [0.1, 0.15) is 41.9 Å². The number of hydrogen-bond donors (Lipinski definition) is 0. The van der Waals surface area contributed by atoms with Crippen LogP contribution in [-0.4, -0.2) is 65.3 Å². The summed E-state index contributed by atoms with van der Waals surface area (Å²) >= 11 is 0. The van der Waals surface area contributed by atoms with E-state index >= 15 is 0 Å². The van der Waals surface area contributed by atoms with Crippen molar-refractivity contribution in [3.05, 3.63) is 83.3 Å². The van der Waals surface area contributed by atoms with E-state index in [1.165, 1.54) is 55.4 Å². The van der Waals surface area contributed by atoms with Gasteiger partial charge in [0.1, 0.15) is 5.75 Å². The van der Waals surface area contributed by atoms with Crippen molar-refractivity contribution in [3.63, 3.8) is 0 Å². The molecule has 0 atom stereocenters. The van der Waals surface area contributed by atoms with E-state index in [2.05, 4.69) is 88.8 Å². The van der Waals surface area contributed by atoms with E-state index in [1.807, 2.05) is 0 Å². The lowest BCUT2D eigenvalue weighted by Gasteiger charge is -2.26. The molecule has 44 heavy (non-hydrogen) atoms. The fourth-order valence-corrected chi connectivity index (χ4v) is 7.16. The predicted molar refractivity (Wildman–Crippen MR) is 176 cm³/mol. The summed E-state index contributed by atoms with van der Waals surface area (Å²) in [6, 6.07) is 21.6. The monoisotopic (exact) mass is 592 g/mol. The highest BCUT2D eigenvalue weighted by Gasteiger charge is 2.25. The molecule has 0 amide bonds. The Kier molecular flexibility index (Phi) is 8.69. The van der Waals surface area contributed by atoms with Crippen LogP contribution < -0.4 is 4.74 Å². The molecule has 7 heteroatoms. The van der Waals surface area contributed by atoms with Gasteiger partial charge in [0.2, 0.25) is 0 Å². The van der Waals surface area contributed by atoms with E-state index < -0.39 is 0 Å². The van der Waals surface area contributed by atoms with Crippen molar-refractivity contribution < 1.29 is 14.2 Å². The van der Waals surface area contributed by atoms with Crippen LogP contribution in [0.15, 0.2) is 60.7 Å². The Balaban J connectivity index is 1.21. The second kappa shape index (κ2) is 13.1. The van der Waals surface area contributed by atoms with E-state index in [1.54, 1.807) is 0 Å². The Labute approximate surface area is 260 Å². The summed E-state index contributed by atoms with van der Waals surface area (Å²) in [5.41, 5.74) is 9.05. The lowest BCUT2D eigenvalue weighted by atomic mass is 9.97. The van der Waals surface area contributed by atoms with Crippen molar-refractivity contribution >= 4 is 21.7 Å². The zero-order chi connectivity index (χ0) is 29.9. The average Bonchev–Trinajstić information content (AvgIpc) is 3.50. The lowest BCUT2D eigenvalue weighted by molar-refractivity contribution is 0.0383. The molecular formula is C37H44N4O3. The second-order valence-corrected chi connectivity index (χ2v) is 12.2. The van der Waals surface area contributed by atoms with Gasteiger partial charge in [0.05, 0.1) is 43.3 Å². The maximum atomic E-state index is 6.35. The molecule has 1 saturated heterocycles. The van der Waals surface area contributed by atoms with E-state index in [9.17, 15) is 0 Å². The number of hydrogen-bond acceptors (Lipinski definition) is 5. The first kappa shape index (κ1) is 29.1. The molecule has 3 aromatic carbocycles. The molecule has 5 aromatic rings. The summed E-state index contributed by atoms with van der Waals surface area (Å²) in [7, 11) is 2.08. The number of rotatable bonds is 8. The molecule has 2 aliphatic heterocycles. The third-order valence-electron chi connectivity index (χ3n) is 9.49. The normalized spacial score (nSPS) is 16.2. The predicted octanol–water partition coefficient (Wildman–Crippen LogP) is 6.70. The number of para-hydroxylation sites is 1. The standard InChI is InChI=1S/C37H44N4O3/c1-27-29(15-9-23-44-35-16-7-11-28-10-3-4-12-30(28)35)31-13-8-14-32-36-33(17-19-40-20-24-42-25-21-40)38-39(2)34(36)26-43-22-6-5-18-41(27)37(31)32/h3-4,7-8,10-14,16H,5-6,9,15,17-26H2,1-2H3. The van der Waals surface area contributed by atoms with Crippen molar-refractivity contribution in [2.24, 2.45) is 7.05 Å². The zero-order valence-electron chi connectivity index (χ0n) is 26.2. The Morgan fingerprint density at radius 3 is 2.57 bits per heavy atom. The molecule has 0 saturated carbocycles. The number of aromatic nitrogens is 3. The van der Waals surface area contributed by atoms with Crippen LogP contribution in [0.25, 0.3) is 32.8 Å². The molecule has 7 nitrogen and oxygen atoms in total. The second-order valence-electron chi connectivity index (χ2n) is 12.2. The van der Waals surface area contributed by atoms with Gasteiger partial charge in [0.25, 0.3) is 0 Å². The molecule has 0 N–H and O–H groups in total. The average molecular weight is 593 g/mol. The molecule has 0 unspecified atom stereocenters. The summed E-state index contributed by atoms with van der Waals surface area (Å²) < 4.78 is 22.8. The Morgan fingerprint density at radius 2 is 1.66 bits per heavy atom. The molecule has 2 aromatic heterocycles. The Morgan fingerprint density at radius 1 is 0.841 bits per heavy atom. The molecule has 0 radical (unpaired) electrons. The SMILES string of the molecule is Cc1c(CCCOc2cccc3ccccc23)c2cccc3c2n1CCCCOCc1c-3c(CCN2CCOCC2)nn1C. The highest BCUT2D eigenvalue weighted by molar-refractivity contribution is 5.98. The third kappa shape index (κ3) is 5.76. The number of morpholine rings is 1. The first-order chi connectivity index (χ1) is 21.7. The molecule has 0 spiro atoms. The minimum Gasteiger partial charge on any atom is -0.493 e. The molecule has 0 bridgehead atoms. The summed E-state index contributed by atoms with van der Waals surface area (Å²) in [4.78, 5) is 2.50. The third-order valence-corrected chi connectivity index (χ3v) is 9.49. The molecule has 1 fully saturated rings. The van der Waals surface area contributed by atoms with Gasteiger partial charge < -0.3 is 18.8 Å². The van der Waals surface area contributed by atoms with Crippen LogP contribution in [0.3, 0.4) is 0 Å². The minimum absolute atomic E-state index is 0.588. The first-order valence-electron chi connectivity index (χ1n) is 16.3. The topological polar surface area (TPSA) is 53.7 Å². The summed E-state index contributed by atoms with van der Waals surface area (Å²) in [6.45, 7) is 9.95. The van der Waals surface area contributed by atoms with Crippen LogP contribution in [0.2, 0.25) is 0 Å². The van der Waals surface area contributed by atoms with Crippen LogP contribution in [0.5, 0.6) is 5.75 Å². The van der Waals surface area contributed by atoms with Crippen LogP contribution >= 0.6 is 0 Å². The smallest absolute Gasteiger partial charge is 0.127 e. The van der Waals surface area contributed by atoms with Gasteiger partial charge in [0.15, 0.2) is 0 Å². The minimum atomic E-state index is 0.588. The van der Waals surface area contributed by atoms with Gasteiger partial charge in [-0.3, -0.25) is 9.58 Å². The van der Waals surface area contributed by atoms with Gasteiger partial charge >= 0.3 is 0 Å². The summed E-state index contributed by atoms with van der Waals surface area (Å²) in [5.74, 6) is 0.968. The van der Waals surface area contributed by atoms with Crippen molar-refractivity contribution in [1.29, 1.82) is 0 Å². The maximum Gasteiger partial charge on any atom is 0.127 e. The van der Waals surface area contributed by atoms with E-state index in [0.29, 0.717) is 13.2 Å². The van der Waals surface area contributed by atoms with Gasteiger partial charge in [-0.15, -0.1) is 0 Å². The number of benzene rings is 3. The van der Waals surface area contributed by atoms with Gasteiger partial charge in [-0.05, 0) is 49.6 Å². The Hall–Kier alpha value is -3.65. The summed E-state index contributed by atoms with van der Waals surface area (Å²) in [5, 5.41) is 8.85. The van der Waals surface area contributed by atoms with E-state index in [4.69, 9.17) is 19.3 Å². The lowest BCUT2D eigenvalue weighted by Crippen LogP contribution is -2.37. The van der Waals surface area contributed by atoms with Gasteiger partial charge in [-0.1, -0.05) is 54.6 Å². The number of aryl methyl sites for hydroxylation is 3. The first-order valence-corrected chi connectivity index (χ1v) is 16.3. The van der Waals surface area contributed by atoms with E-state index in [0.717, 1.165) is 83.9 Å². The van der Waals surface area contributed by atoms with Crippen LogP contribution in [-0.2, 0) is 42.5 Å². The van der Waals surface area contributed by atoms with Gasteiger partial charge in [-0.25, -0.2) is 0 Å². The molecule has 0 aliphatic carbocycles. The maximum absolute atomic E-state index is 6.35. The van der Waals surface area contributed by atoms with Crippen molar-refractivity contribution in [1.82, 2.24) is 19.2 Å². The molecular weight excluding hydrogens is 548 g/mol. The molecule has 4 heterocycles. The fraction of sp³-hybridized carbons (Fsp3) is 0.432. The quantitative estimate of drug-likeness (QED) is 0.188. The van der Waals surface area contributed by atoms with Crippen molar-refractivity contribution in [2.75, 3.05) is 46.1 Å². The van der Waals surface area contributed by atoms with Gasteiger partial charge in [-0.2, -0.15) is 5.10 Å². The molecule has 7 rings (SSSR count). The van der Waals surface area contributed by atoms with Crippen LogP contribution in [0.4, 0.5) is 0 Å². The fourth-order valence-electron chi connectivity index (χ4n) is 7.16. The summed E-state index contributed by atoms with van der Waals surface area (Å²) in [6.07, 6.45) is 5.01. The number of nitrogens with zero attached hydrogens (tertiary/aromatic N) is 4. The van der Waals surface area contributed by atoms with Gasteiger partial charge in [0, 0.05) is 73.8 Å². The van der Waals surface area contributed by atoms with E-state index in [-0.39, 0.29) is 0 Å². The largest absolute Gasteiger partial charge is 0.493 e. The Bertz CT molecular complexity index is 1740. The van der Waals surface area contributed by atoms with Crippen molar-refractivity contribution in [3.8, 4) is 16.9 Å². The van der Waals surface area contributed by atoms with Crippen molar-refractivity contribution in [2.45, 2.75) is 52.2 Å². The van der Waals surface area contributed by atoms with Crippen LogP contribution in [0, 0.1) is 6.92 Å². The number of ether oxygens (including phenoxy) is 3. The highest BCUT2D eigenvalue weighted by Crippen LogP contribution is 2.39. The molecule has 230 valence electrons.